The molecule has 0 aliphatic rings. The highest BCUT2D eigenvalue weighted by Gasteiger charge is 2.06. The first-order valence-electron chi connectivity index (χ1n) is 6.36. The highest BCUT2D eigenvalue weighted by Crippen LogP contribution is 2.14. The van der Waals surface area contributed by atoms with Crippen LogP contribution in [0.5, 0.6) is 0 Å². The van der Waals surface area contributed by atoms with Gasteiger partial charge in [-0.1, -0.05) is 24.9 Å². The third kappa shape index (κ3) is 6.40. The normalized spacial score (nSPS) is 10.4. The fourth-order valence-electron chi connectivity index (χ4n) is 1.45. The minimum atomic E-state index is -1.02. The number of carboxylic acid groups (broad SMARTS) is 1. The van der Waals surface area contributed by atoms with Crippen molar-refractivity contribution in [2.75, 3.05) is 25.1 Å². The van der Waals surface area contributed by atoms with E-state index in [4.69, 9.17) is 21.4 Å². The van der Waals surface area contributed by atoms with Crippen molar-refractivity contribution in [3.63, 3.8) is 0 Å². The smallest absolute Gasteiger partial charge is 0.335 e. The van der Waals surface area contributed by atoms with Crippen LogP contribution < -0.4 is 5.32 Å². The number of anilines is 1. The Kier molecular flexibility index (Phi) is 7.22. The number of halogens is 1. The number of ether oxygens (including phenoxy) is 1. The van der Waals surface area contributed by atoms with Crippen molar-refractivity contribution in [1.82, 2.24) is 4.98 Å². The molecule has 0 unspecified atom stereocenters. The van der Waals surface area contributed by atoms with Gasteiger partial charge in [0.2, 0.25) is 0 Å². The maximum absolute atomic E-state index is 10.8. The van der Waals surface area contributed by atoms with Crippen LogP contribution in [0.25, 0.3) is 0 Å². The minimum Gasteiger partial charge on any atom is -0.478 e. The van der Waals surface area contributed by atoms with Crippen molar-refractivity contribution < 1.29 is 14.6 Å². The summed E-state index contributed by atoms with van der Waals surface area (Å²) in [6.07, 6.45) is 3.04. The average molecular weight is 287 g/mol. The summed E-state index contributed by atoms with van der Waals surface area (Å²) in [5, 5.41) is 12.1. The second-order valence-corrected chi connectivity index (χ2v) is 4.50. The van der Waals surface area contributed by atoms with Crippen LogP contribution in [0.4, 0.5) is 5.82 Å². The molecule has 5 nitrogen and oxygen atoms in total. The first-order valence-corrected chi connectivity index (χ1v) is 6.73. The maximum Gasteiger partial charge on any atom is 0.335 e. The number of aromatic carboxylic acids is 1. The summed E-state index contributed by atoms with van der Waals surface area (Å²) in [5.41, 5.74) is 0.127. The molecule has 0 bridgehead atoms. The minimum absolute atomic E-state index is 0.127. The van der Waals surface area contributed by atoms with E-state index in [1.54, 1.807) is 0 Å². The van der Waals surface area contributed by atoms with Gasteiger partial charge in [0.1, 0.15) is 11.0 Å². The third-order valence-electron chi connectivity index (χ3n) is 2.45. The lowest BCUT2D eigenvalue weighted by Crippen LogP contribution is -2.08. The van der Waals surface area contributed by atoms with Gasteiger partial charge in [-0.3, -0.25) is 0 Å². The molecule has 1 rings (SSSR count). The van der Waals surface area contributed by atoms with Crippen molar-refractivity contribution in [2.24, 2.45) is 0 Å². The number of aromatic nitrogens is 1. The standard InChI is InChI=1S/C13H19ClN2O3/c1-2-3-6-19-7-4-5-15-12-9-10(13(17)18)8-11(14)16-12/h8-9H,2-7H2,1H3,(H,15,16)(H,17,18). The van der Waals surface area contributed by atoms with Gasteiger partial charge >= 0.3 is 5.97 Å². The predicted molar refractivity (Wildman–Crippen MR) is 75.0 cm³/mol. The fraction of sp³-hybridized carbons (Fsp3) is 0.538. The molecule has 0 fully saturated rings. The largest absolute Gasteiger partial charge is 0.478 e. The van der Waals surface area contributed by atoms with Crippen molar-refractivity contribution >= 4 is 23.4 Å². The van der Waals surface area contributed by atoms with Crippen LogP contribution in [-0.4, -0.2) is 35.8 Å². The van der Waals surface area contributed by atoms with Crippen LogP contribution in [0, 0.1) is 0 Å². The highest BCUT2D eigenvalue weighted by atomic mass is 35.5. The number of carboxylic acids is 1. The lowest BCUT2D eigenvalue weighted by Gasteiger charge is -2.07. The molecule has 0 saturated heterocycles. The number of hydrogen-bond donors (Lipinski definition) is 2. The summed E-state index contributed by atoms with van der Waals surface area (Å²) >= 11 is 5.75. The molecule has 0 radical (unpaired) electrons. The van der Waals surface area contributed by atoms with Gasteiger partial charge in [-0.2, -0.15) is 0 Å². The second kappa shape index (κ2) is 8.72. The number of carbonyl (C=O) groups is 1. The van der Waals surface area contributed by atoms with E-state index in [9.17, 15) is 4.79 Å². The molecule has 106 valence electrons. The number of unbranched alkanes of at least 4 members (excludes halogenated alkanes) is 1. The molecule has 1 aromatic rings. The topological polar surface area (TPSA) is 71.5 Å². The van der Waals surface area contributed by atoms with E-state index in [0.717, 1.165) is 25.9 Å². The van der Waals surface area contributed by atoms with E-state index in [2.05, 4.69) is 17.2 Å². The van der Waals surface area contributed by atoms with Gasteiger partial charge in [-0.25, -0.2) is 9.78 Å². The van der Waals surface area contributed by atoms with Crippen LogP contribution in [0.2, 0.25) is 5.15 Å². The molecule has 19 heavy (non-hydrogen) atoms. The number of hydrogen-bond acceptors (Lipinski definition) is 4. The molecule has 2 N–H and O–H groups in total. The Bertz CT molecular complexity index is 413. The van der Waals surface area contributed by atoms with E-state index < -0.39 is 5.97 Å². The number of nitrogens with zero attached hydrogens (tertiary/aromatic N) is 1. The zero-order valence-corrected chi connectivity index (χ0v) is 11.7. The third-order valence-corrected chi connectivity index (χ3v) is 2.65. The van der Waals surface area contributed by atoms with Crippen molar-refractivity contribution in [2.45, 2.75) is 26.2 Å². The zero-order valence-electron chi connectivity index (χ0n) is 11.0. The van der Waals surface area contributed by atoms with Gasteiger partial charge in [-0.05, 0) is 25.0 Å². The maximum atomic E-state index is 10.8. The first kappa shape index (κ1) is 15.7. The number of pyridine rings is 1. The SMILES string of the molecule is CCCCOCCCNc1cc(C(=O)O)cc(Cl)n1. The number of rotatable bonds is 9. The molecule has 0 aliphatic heterocycles. The molecule has 1 aromatic heterocycles. The van der Waals surface area contributed by atoms with E-state index >= 15 is 0 Å². The molecule has 0 spiro atoms. The quantitative estimate of drug-likeness (QED) is 0.539. The van der Waals surface area contributed by atoms with Gasteiger partial charge in [0, 0.05) is 19.8 Å². The molecule has 6 heteroatoms. The predicted octanol–water partition coefficient (Wildman–Crippen LogP) is 3.05. The molecule has 0 atom stereocenters. The summed E-state index contributed by atoms with van der Waals surface area (Å²) in [5.74, 6) is -0.547. The van der Waals surface area contributed by atoms with Gasteiger partial charge in [0.05, 0.1) is 5.56 Å². The van der Waals surface area contributed by atoms with Crippen LogP contribution in [0.15, 0.2) is 12.1 Å². The Morgan fingerprint density at radius 3 is 2.84 bits per heavy atom. The first-order chi connectivity index (χ1) is 9.13. The molecule has 0 saturated carbocycles. The van der Waals surface area contributed by atoms with Crippen LogP contribution in [0.3, 0.4) is 0 Å². The summed E-state index contributed by atoms with van der Waals surface area (Å²) in [7, 11) is 0. The summed E-state index contributed by atoms with van der Waals surface area (Å²) in [6.45, 7) is 4.25. The monoisotopic (exact) mass is 286 g/mol. The van der Waals surface area contributed by atoms with Gasteiger partial charge in [0.15, 0.2) is 0 Å². The molecular formula is C13H19ClN2O3. The zero-order chi connectivity index (χ0) is 14.1. The Balaban J connectivity index is 2.31. The molecular weight excluding hydrogens is 268 g/mol. The molecule has 0 amide bonds. The Morgan fingerprint density at radius 1 is 1.42 bits per heavy atom. The highest BCUT2D eigenvalue weighted by molar-refractivity contribution is 6.29. The van der Waals surface area contributed by atoms with Gasteiger partial charge in [-0.15, -0.1) is 0 Å². The Labute approximate surface area is 117 Å². The summed E-state index contributed by atoms with van der Waals surface area (Å²) < 4.78 is 5.42. The van der Waals surface area contributed by atoms with E-state index in [-0.39, 0.29) is 10.7 Å². The Hall–Kier alpha value is -1.33. The molecule has 0 aliphatic carbocycles. The molecule has 0 aromatic carbocycles. The van der Waals surface area contributed by atoms with Crippen molar-refractivity contribution in [1.29, 1.82) is 0 Å². The van der Waals surface area contributed by atoms with Gasteiger partial charge < -0.3 is 15.2 Å². The average Bonchev–Trinajstić information content (AvgIpc) is 2.37. The van der Waals surface area contributed by atoms with Crippen molar-refractivity contribution in [3.8, 4) is 0 Å². The lowest BCUT2D eigenvalue weighted by molar-refractivity contribution is 0.0697. The van der Waals surface area contributed by atoms with Crippen molar-refractivity contribution in [3.05, 3.63) is 22.8 Å². The lowest BCUT2D eigenvalue weighted by atomic mass is 10.2. The Morgan fingerprint density at radius 2 is 2.16 bits per heavy atom. The fourth-order valence-corrected chi connectivity index (χ4v) is 1.66. The van der Waals surface area contributed by atoms with E-state index in [1.807, 2.05) is 0 Å². The van der Waals surface area contributed by atoms with Gasteiger partial charge in [0.25, 0.3) is 0 Å². The molecule has 1 heterocycles. The summed E-state index contributed by atoms with van der Waals surface area (Å²) in [4.78, 5) is 14.9. The second-order valence-electron chi connectivity index (χ2n) is 4.12. The van der Waals surface area contributed by atoms with E-state index in [0.29, 0.717) is 19.0 Å². The van der Waals surface area contributed by atoms with E-state index in [1.165, 1.54) is 12.1 Å². The van der Waals surface area contributed by atoms with Crippen LogP contribution >= 0.6 is 11.6 Å². The van der Waals surface area contributed by atoms with Crippen LogP contribution in [-0.2, 0) is 4.74 Å². The van der Waals surface area contributed by atoms with Crippen LogP contribution in [0.1, 0.15) is 36.5 Å². The number of nitrogens with one attached hydrogen (secondary N) is 1. The summed E-state index contributed by atoms with van der Waals surface area (Å²) in [6, 6.07) is 2.79.